The van der Waals surface area contributed by atoms with Crippen molar-refractivity contribution in [2.24, 2.45) is 5.92 Å². The van der Waals surface area contributed by atoms with Crippen LogP contribution in [-0.2, 0) is 6.54 Å². The monoisotopic (exact) mass is 278 g/mol. The molecule has 0 aliphatic heterocycles. The van der Waals surface area contributed by atoms with Gasteiger partial charge in [-0.1, -0.05) is 26.0 Å². The van der Waals surface area contributed by atoms with E-state index in [0.717, 1.165) is 12.1 Å². The summed E-state index contributed by atoms with van der Waals surface area (Å²) in [6, 6.07) is 7.56. The van der Waals surface area contributed by atoms with Crippen molar-refractivity contribution < 1.29 is 9.90 Å². The predicted molar refractivity (Wildman–Crippen MR) is 81.6 cm³/mol. The average molecular weight is 278 g/mol. The Morgan fingerprint density at radius 3 is 2.60 bits per heavy atom. The lowest BCUT2D eigenvalue weighted by Gasteiger charge is -2.27. The van der Waals surface area contributed by atoms with Crippen LogP contribution in [0.3, 0.4) is 0 Å². The topological polar surface area (TPSA) is 52.6 Å². The summed E-state index contributed by atoms with van der Waals surface area (Å²) < 4.78 is 0. The molecule has 0 fully saturated rings. The van der Waals surface area contributed by atoms with E-state index in [0.29, 0.717) is 5.56 Å². The summed E-state index contributed by atoms with van der Waals surface area (Å²) in [5, 5.41) is 12.9. The van der Waals surface area contributed by atoms with E-state index in [4.69, 9.17) is 0 Å². The number of carbonyl (C=O) groups is 1. The highest BCUT2D eigenvalue weighted by Crippen LogP contribution is 2.15. The van der Waals surface area contributed by atoms with E-state index in [1.807, 2.05) is 46.1 Å². The maximum absolute atomic E-state index is 12.1. The molecule has 0 aliphatic carbocycles. The number of nitrogens with one attached hydrogen (secondary N) is 1. The third-order valence-electron chi connectivity index (χ3n) is 3.54. The van der Waals surface area contributed by atoms with Crippen molar-refractivity contribution >= 4 is 5.91 Å². The Morgan fingerprint density at radius 1 is 1.40 bits per heavy atom. The molecule has 1 aromatic rings. The second-order valence-electron chi connectivity index (χ2n) is 6.13. The van der Waals surface area contributed by atoms with Crippen molar-refractivity contribution in [2.45, 2.75) is 32.9 Å². The van der Waals surface area contributed by atoms with Crippen molar-refractivity contribution in [1.82, 2.24) is 10.2 Å². The Balaban J connectivity index is 2.68. The molecule has 1 atom stereocenters. The summed E-state index contributed by atoms with van der Waals surface area (Å²) in [6.45, 7) is 6.65. The SMILES string of the molecule is CC(C)C(C)(O)CNC(=O)c1cccc(CN(C)C)c1. The fourth-order valence-electron chi connectivity index (χ4n) is 1.74. The largest absolute Gasteiger partial charge is 0.388 e. The zero-order valence-corrected chi connectivity index (χ0v) is 13.1. The first kappa shape index (κ1) is 16.7. The zero-order chi connectivity index (χ0) is 15.3. The van der Waals surface area contributed by atoms with E-state index in [1.54, 1.807) is 13.0 Å². The van der Waals surface area contributed by atoms with Crippen LogP contribution in [0.4, 0.5) is 0 Å². The van der Waals surface area contributed by atoms with Gasteiger partial charge in [-0.3, -0.25) is 4.79 Å². The van der Waals surface area contributed by atoms with Crippen LogP contribution in [0.1, 0.15) is 36.7 Å². The van der Waals surface area contributed by atoms with Gasteiger partial charge in [0.25, 0.3) is 5.91 Å². The van der Waals surface area contributed by atoms with Crippen LogP contribution in [0.5, 0.6) is 0 Å². The van der Waals surface area contributed by atoms with E-state index < -0.39 is 5.60 Å². The Morgan fingerprint density at radius 2 is 2.05 bits per heavy atom. The molecule has 0 spiro atoms. The molecule has 20 heavy (non-hydrogen) atoms. The molecule has 4 nitrogen and oxygen atoms in total. The Labute approximate surface area is 121 Å². The van der Waals surface area contributed by atoms with E-state index in [1.165, 1.54) is 0 Å². The van der Waals surface area contributed by atoms with E-state index in [9.17, 15) is 9.90 Å². The zero-order valence-electron chi connectivity index (χ0n) is 13.1. The Kier molecular flexibility index (Phi) is 5.72. The van der Waals surface area contributed by atoms with Crippen LogP contribution in [0.25, 0.3) is 0 Å². The fraction of sp³-hybridized carbons (Fsp3) is 0.562. The standard InChI is InChI=1S/C16H26N2O2/c1-12(2)16(3,20)11-17-15(19)14-8-6-7-13(9-14)10-18(4)5/h6-9,12,20H,10-11H2,1-5H3,(H,17,19). The summed E-state index contributed by atoms with van der Waals surface area (Å²) in [6.07, 6.45) is 0. The molecule has 0 aromatic heterocycles. The van der Waals surface area contributed by atoms with E-state index in [-0.39, 0.29) is 18.4 Å². The van der Waals surface area contributed by atoms with Gasteiger partial charge in [0.2, 0.25) is 0 Å². The third-order valence-corrected chi connectivity index (χ3v) is 3.54. The molecule has 4 heteroatoms. The van der Waals surface area contributed by atoms with Crippen molar-refractivity contribution in [3.8, 4) is 0 Å². The van der Waals surface area contributed by atoms with Gasteiger partial charge in [0.1, 0.15) is 0 Å². The quantitative estimate of drug-likeness (QED) is 0.835. The van der Waals surface area contributed by atoms with Gasteiger partial charge < -0.3 is 15.3 Å². The van der Waals surface area contributed by atoms with Gasteiger partial charge in [0, 0.05) is 18.7 Å². The van der Waals surface area contributed by atoms with Gasteiger partial charge in [0.05, 0.1) is 5.60 Å². The Bertz CT molecular complexity index is 454. The van der Waals surface area contributed by atoms with Crippen LogP contribution in [0.2, 0.25) is 0 Å². The van der Waals surface area contributed by atoms with E-state index >= 15 is 0 Å². The van der Waals surface area contributed by atoms with Crippen molar-refractivity contribution in [2.75, 3.05) is 20.6 Å². The molecule has 112 valence electrons. The minimum atomic E-state index is -0.892. The van der Waals surface area contributed by atoms with Gasteiger partial charge in [-0.2, -0.15) is 0 Å². The number of hydrogen-bond acceptors (Lipinski definition) is 3. The smallest absolute Gasteiger partial charge is 0.251 e. The lowest BCUT2D eigenvalue weighted by Crippen LogP contribution is -2.44. The predicted octanol–water partition coefficient (Wildman–Crippen LogP) is 1.89. The summed E-state index contributed by atoms with van der Waals surface area (Å²) >= 11 is 0. The number of amides is 1. The highest BCUT2D eigenvalue weighted by molar-refractivity contribution is 5.94. The van der Waals surface area contributed by atoms with Gasteiger partial charge in [0.15, 0.2) is 0 Å². The summed E-state index contributed by atoms with van der Waals surface area (Å²) in [5.74, 6) is -0.0607. The van der Waals surface area contributed by atoms with Gasteiger partial charge in [-0.25, -0.2) is 0 Å². The first-order chi connectivity index (χ1) is 9.22. The number of nitrogens with zero attached hydrogens (tertiary/aromatic N) is 1. The molecule has 0 saturated carbocycles. The summed E-state index contributed by atoms with van der Waals surface area (Å²) in [5.41, 5.74) is 0.832. The van der Waals surface area contributed by atoms with Crippen molar-refractivity contribution in [3.63, 3.8) is 0 Å². The molecular weight excluding hydrogens is 252 g/mol. The molecule has 0 saturated heterocycles. The molecule has 0 bridgehead atoms. The maximum atomic E-state index is 12.1. The first-order valence-corrected chi connectivity index (χ1v) is 6.96. The number of aliphatic hydroxyl groups is 1. The Hall–Kier alpha value is -1.39. The number of hydrogen-bond donors (Lipinski definition) is 2. The maximum Gasteiger partial charge on any atom is 0.251 e. The number of benzene rings is 1. The molecule has 0 heterocycles. The van der Waals surface area contributed by atoms with Crippen molar-refractivity contribution in [3.05, 3.63) is 35.4 Å². The molecule has 1 unspecified atom stereocenters. The first-order valence-electron chi connectivity index (χ1n) is 6.96. The van der Waals surface area contributed by atoms with Gasteiger partial charge >= 0.3 is 0 Å². The lowest BCUT2D eigenvalue weighted by atomic mass is 9.92. The molecule has 1 rings (SSSR count). The minimum absolute atomic E-state index is 0.0860. The normalized spacial score (nSPS) is 14.4. The fourth-order valence-corrected chi connectivity index (χ4v) is 1.74. The highest BCUT2D eigenvalue weighted by atomic mass is 16.3. The van der Waals surface area contributed by atoms with Crippen molar-refractivity contribution in [1.29, 1.82) is 0 Å². The summed E-state index contributed by atoms with van der Waals surface area (Å²) in [4.78, 5) is 14.2. The molecular formula is C16H26N2O2. The lowest BCUT2D eigenvalue weighted by molar-refractivity contribution is 0.0142. The summed E-state index contributed by atoms with van der Waals surface area (Å²) in [7, 11) is 3.99. The van der Waals surface area contributed by atoms with Crippen LogP contribution >= 0.6 is 0 Å². The molecule has 0 radical (unpaired) electrons. The van der Waals surface area contributed by atoms with Gasteiger partial charge in [-0.15, -0.1) is 0 Å². The highest BCUT2D eigenvalue weighted by Gasteiger charge is 2.25. The third kappa shape index (κ3) is 4.94. The number of rotatable bonds is 6. The van der Waals surface area contributed by atoms with Crippen LogP contribution in [0.15, 0.2) is 24.3 Å². The van der Waals surface area contributed by atoms with Crippen LogP contribution < -0.4 is 5.32 Å². The van der Waals surface area contributed by atoms with E-state index in [2.05, 4.69) is 10.2 Å². The molecule has 1 amide bonds. The second kappa shape index (κ2) is 6.86. The molecule has 0 aliphatic rings. The second-order valence-corrected chi connectivity index (χ2v) is 6.13. The molecule has 2 N–H and O–H groups in total. The van der Waals surface area contributed by atoms with Crippen LogP contribution in [0, 0.1) is 5.92 Å². The molecule has 1 aromatic carbocycles. The van der Waals surface area contributed by atoms with Crippen LogP contribution in [-0.4, -0.2) is 42.2 Å². The number of carbonyl (C=O) groups excluding carboxylic acids is 1. The minimum Gasteiger partial charge on any atom is -0.388 e. The van der Waals surface area contributed by atoms with Gasteiger partial charge in [-0.05, 0) is 44.6 Å². The average Bonchev–Trinajstić information content (AvgIpc) is 2.35.